The standard InChI is InChI=1S/C36H44N2O2/c1-7-21-37(23-33-25-39-33)31-17-13-29(14-18-31)35(3,4)27-9-11-28(12-10-27)36(5,6)30-15-19-32(20-16-30)38(22-8-2)24-34-26-40-34/h7-20,33-34H,1-2,21-26H2,3-6H3. The van der Waals surface area contributed by atoms with E-state index in [0.717, 1.165) is 39.4 Å². The molecule has 40 heavy (non-hydrogen) atoms. The van der Waals surface area contributed by atoms with Crippen molar-refractivity contribution in [2.75, 3.05) is 49.2 Å². The Morgan fingerprint density at radius 3 is 1.12 bits per heavy atom. The van der Waals surface area contributed by atoms with Crippen LogP contribution in [0.2, 0.25) is 0 Å². The van der Waals surface area contributed by atoms with Gasteiger partial charge >= 0.3 is 0 Å². The summed E-state index contributed by atoms with van der Waals surface area (Å²) in [5, 5.41) is 0. The number of epoxide rings is 2. The van der Waals surface area contributed by atoms with Gasteiger partial charge in [0, 0.05) is 48.4 Å². The average molecular weight is 537 g/mol. The lowest BCUT2D eigenvalue weighted by atomic mass is 9.74. The predicted octanol–water partition coefficient (Wildman–Crippen LogP) is 7.12. The van der Waals surface area contributed by atoms with E-state index in [9.17, 15) is 0 Å². The normalized spacial score (nSPS) is 18.2. The minimum Gasteiger partial charge on any atom is -0.371 e. The second-order valence-corrected chi connectivity index (χ2v) is 12.2. The van der Waals surface area contributed by atoms with E-state index in [-0.39, 0.29) is 10.8 Å². The van der Waals surface area contributed by atoms with Crippen molar-refractivity contribution in [2.24, 2.45) is 0 Å². The third-order valence-electron chi connectivity index (χ3n) is 8.59. The van der Waals surface area contributed by atoms with Gasteiger partial charge in [-0.05, 0) is 46.5 Å². The summed E-state index contributed by atoms with van der Waals surface area (Å²) in [6.07, 6.45) is 4.62. The minimum absolute atomic E-state index is 0.106. The summed E-state index contributed by atoms with van der Waals surface area (Å²) in [5.74, 6) is 0. The smallest absolute Gasteiger partial charge is 0.0984 e. The van der Waals surface area contributed by atoms with Crippen LogP contribution >= 0.6 is 0 Å². The summed E-state index contributed by atoms with van der Waals surface area (Å²) >= 11 is 0. The highest BCUT2D eigenvalue weighted by molar-refractivity contribution is 5.53. The van der Waals surface area contributed by atoms with Crippen LogP contribution in [0.3, 0.4) is 0 Å². The highest BCUT2D eigenvalue weighted by Crippen LogP contribution is 2.37. The lowest BCUT2D eigenvalue weighted by Crippen LogP contribution is -2.28. The van der Waals surface area contributed by atoms with E-state index in [1.54, 1.807) is 0 Å². The molecule has 2 aliphatic heterocycles. The van der Waals surface area contributed by atoms with Gasteiger partial charge in [0.2, 0.25) is 0 Å². The Morgan fingerprint density at radius 1 is 0.600 bits per heavy atom. The first-order chi connectivity index (χ1) is 19.2. The van der Waals surface area contributed by atoms with Gasteiger partial charge in [-0.15, -0.1) is 13.2 Å². The fraction of sp³-hybridized carbons (Fsp3) is 0.389. The molecule has 2 fully saturated rings. The van der Waals surface area contributed by atoms with Crippen molar-refractivity contribution in [2.45, 2.75) is 50.7 Å². The van der Waals surface area contributed by atoms with Crippen LogP contribution in [0.4, 0.5) is 11.4 Å². The third-order valence-corrected chi connectivity index (χ3v) is 8.59. The maximum atomic E-state index is 5.46. The topological polar surface area (TPSA) is 31.5 Å². The molecule has 0 spiro atoms. The summed E-state index contributed by atoms with van der Waals surface area (Å²) in [6.45, 7) is 22.3. The summed E-state index contributed by atoms with van der Waals surface area (Å²) in [7, 11) is 0. The minimum atomic E-state index is -0.106. The fourth-order valence-electron chi connectivity index (χ4n) is 5.54. The number of rotatable bonds is 14. The maximum Gasteiger partial charge on any atom is 0.0984 e. The zero-order valence-electron chi connectivity index (χ0n) is 24.6. The summed E-state index contributed by atoms with van der Waals surface area (Å²) in [6, 6.07) is 27.2. The average Bonchev–Trinajstić information content (AvgIpc) is 3.90. The van der Waals surface area contributed by atoms with Crippen LogP contribution < -0.4 is 9.80 Å². The van der Waals surface area contributed by atoms with Crippen LogP contribution in [-0.4, -0.2) is 51.6 Å². The molecule has 5 rings (SSSR count). The molecule has 2 atom stereocenters. The van der Waals surface area contributed by atoms with Crippen molar-refractivity contribution in [1.82, 2.24) is 0 Å². The molecule has 3 aromatic rings. The highest BCUT2D eigenvalue weighted by atomic mass is 16.6. The molecule has 0 N–H and O–H groups in total. The first-order valence-electron chi connectivity index (χ1n) is 14.5. The van der Waals surface area contributed by atoms with Crippen LogP contribution in [0.5, 0.6) is 0 Å². The van der Waals surface area contributed by atoms with Crippen LogP contribution in [-0.2, 0) is 20.3 Å². The molecule has 0 bridgehead atoms. The Balaban J connectivity index is 1.30. The largest absolute Gasteiger partial charge is 0.371 e. The number of anilines is 2. The van der Waals surface area contributed by atoms with Gasteiger partial charge in [0.05, 0.1) is 25.4 Å². The number of nitrogens with zero attached hydrogens (tertiary/aromatic N) is 2. The van der Waals surface area contributed by atoms with Crippen molar-refractivity contribution >= 4 is 11.4 Å². The van der Waals surface area contributed by atoms with Crippen LogP contribution in [0, 0.1) is 0 Å². The fourth-order valence-corrected chi connectivity index (χ4v) is 5.54. The Kier molecular flexibility index (Phi) is 8.21. The van der Waals surface area contributed by atoms with Gasteiger partial charge in [0.1, 0.15) is 0 Å². The molecule has 2 unspecified atom stereocenters. The lowest BCUT2D eigenvalue weighted by Gasteiger charge is -2.30. The summed E-state index contributed by atoms with van der Waals surface area (Å²) < 4.78 is 10.9. The predicted molar refractivity (Wildman–Crippen MR) is 168 cm³/mol. The van der Waals surface area contributed by atoms with E-state index in [2.05, 4.69) is 123 Å². The number of ether oxygens (including phenoxy) is 2. The van der Waals surface area contributed by atoms with E-state index in [4.69, 9.17) is 9.47 Å². The molecular formula is C36H44N2O2. The summed E-state index contributed by atoms with van der Waals surface area (Å²) in [4.78, 5) is 4.67. The first kappa shape index (κ1) is 28.2. The van der Waals surface area contributed by atoms with Crippen molar-refractivity contribution in [3.63, 3.8) is 0 Å². The third kappa shape index (κ3) is 6.35. The van der Waals surface area contributed by atoms with Gasteiger partial charge in [-0.2, -0.15) is 0 Å². The van der Waals surface area contributed by atoms with E-state index in [1.165, 1.54) is 33.6 Å². The molecular weight excluding hydrogens is 492 g/mol. The molecule has 0 aliphatic carbocycles. The van der Waals surface area contributed by atoms with E-state index < -0.39 is 0 Å². The number of benzene rings is 3. The molecule has 0 radical (unpaired) electrons. The van der Waals surface area contributed by atoms with E-state index >= 15 is 0 Å². The molecule has 2 saturated heterocycles. The molecule has 2 heterocycles. The zero-order valence-corrected chi connectivity index (χ0v) is 24.6. The second-order valence-electron chi connectivity index (χ2n) is 12.2. The molecule has 3 aromatic carbocycles. The molecule has 210 valence electrons. The van der Waals surface area contributed by atoms with Crippen molar-refractivity contribution in [3.8, 4) is 0 Å². The Morgan fingerprint density at radius 2 is 0.875 bits per heavy atom. The Hall–Kier alpha value is -3.34. The van der Waals surface area contributed by atoms with Gasteiger partial charge < -0.3 is 19.3 Å². The highest BCUT2D eigenvalue weighted by Gasteiger charge is 2.29. The van der Waals surface area contributed by atoms with Crippen LogP contribution in [0.15, 0.2) is 98.1 Å². The summed E-state index contributed by atoms with van der Waals surface area (Å²) in [5.41, 5.74) is 7.45. The molecule has 0 aromatic heterocycles. The van der Waals surface area contributed by atoms with Gasteiger partial charge in [0.15, 0.2) is 0 Å². The van der Waals surface area contributed by atoms with Crippen LogP contribution in [0.1, 0.15) is 49.9 Å². The second kappa shape index (κ2) is 11.6. The maximum absolute atomic E-state index is 5.46. The Labute approximate surface area is 240 Å². The first-order valence-corrected chi connectivity index (χ1v) is 14.5. The van der Waals surface area contributed by atoms with Gasteiger partial charge in [-0.25, -0.2) is 0 Å². The lowest BCUT2D eigenvalue weighted by molar-refractivity contribution is 0.408. The SMILES string of the molecule is C=CCN(CC1CO1)c1ccc(C(C)(C)c2ccc(C(C)(C)c3ccc(N(CC=C)CC4CO4)cc3)cc2)cc1. The van der Waals surface area contributed by atoms with Crippen LogP contribution in [0.25, 0.3) is 0 Å². The zero-order chi connectivity index (χ0) is 28.3. The van der Waals surface area contributed by atoms with Crippen molar-refractivity contribution in [3.05, 3.63) is 120 Å². The quantitative estimate of drug-likeness (QED) is 0.162. The van der Waals surface area contributed by atoms with Crippen molar-refractivity contribution in [1.29, 1.82) is 0 Å². The van der Waals surface area contributed by atoms with Gasteiger partial charge in [0.25, 0.3) is 0 Å². The molecule has 4 nitrogen and oxygen atoms in total. The molecule has 4 heteroatoms. The molecule has 2 aliphatic rings. The molecule has 0 amide bonds. The molecule has 0 saturated carbocycles. The van der Waals surface area contributed by atoms with E-state index in [0.29, 0.717) is 12.2 Å². The van der Waals surface area contributed by atoms with E-state index in [1.807, 2.05) is 12.2 Å². The van der Waals surface area contributed by atoms with Crippen molar-refractivity contribution < 1.29 is 9.47 Å². The monoisotopic (exact) mass is 536 g/mol. The number of hydrogen-bond donors (Lipinski definition) is 0. The van der Waals surface area contributed by atoms with Gasteiger partial charge in [-0.3, -0.25) is 0 Å². The number of hydrogen-bond acceptors (Lipinski definition) is 4. The Bertz CT molecular complexity index is 1180. The van der Waals surface area contributed by atoms with Gasteiger partial charge in [-0.1, -0.05) is 88.4 Å².